The van der Waals surface area contributed by atoms with Crippen molar-refractivity contribution in [2.75, 3.05) is 13.2 Å². The molecule has 0 saturated carbocycles. The van der Waals surface area contributed by atoms with Gasteiger partial charge in [-0.1, -0.05) is 54.6 Å². The van der Waals surface area contributed by atoms with E-state index in [0.29, 0.717) is 30.0 Å². The minimum atomic E-state index is -5.08. The predicted molar refractivity (Wildman–Crippen MR) is 121 cm³/mol. The highest BCUT2D eigenvalue weighted by molar-refractivity contribution is 5.95. The number of aliphatic carboxylic acids is 1. The summed E-state index contributed by atoms with van der Waals surface area (Å²) in [6.45, 7) is 0.707. The van der Waals surface area contributed by atoms with Crippen molar-refractivity contribution in [3.8, 4) is 16.9 Å². The van der Waals surface area contributed by atoms with Crippen LogP contribution in [0.2, 0.25) is 0 Å². The first kappa shape index (κ1) is 25.9. The molecule has 0 aliphatic carbocycles. The number of benzene rings is 3. The number of halogens is 3. The Labute approximate surface area is 193 Å². The van der Waals surface area contributed by atoms with E-state index in [1.54, 1.807) is 24.3 Å². The Morgan fingerprint density at radius 3 is 2.06 bits per heavy atom. The van der Waals surface area contributed by atoms with Crippen molar-refractivity contribution in [2.45, 2.75) is 6.18 Å². The van der Waals surface area contributed by atoms with Crippen LogP contribution >= 0.6 is 0 Å². The highest BCUT2D eigenvalue weighted by Gasteiger charge is 2.38. The van der Waals surface area contributed by atoms with Crippen molar-refractivity contribution in [3.05, 3.63) is 90.0 Å². The maximum atomic E-state index is 12.2. The Kier molecular flexibility index (Phi) is 9.18. The van der Waals surface area contributed by atoms with E-state index in [9.17, 15) is 18.0 Å². The normalized spacial score (nSPS) is 10.4. The standard InChI is InChI=1S/C22H21N3O2.C2HF3O2/c23-21(24)19-7-4-8-20(15-19)27-14-13-25-22(26)18-11-9-17(10-12-18)16-5-2-1-3-6-16;3-2(4,5)1(6)7/h1-12,15H,13-14H2,(H3,23,24)(H,25,26);(H,6,7). The van der Waals surface area contributed by atoms with Gasteiger partial charge < -0.3 is 20.9 Å². The second-order valence-electron chi connectivity index (χ2n) is 6.79. The monoisotopic (exact) mass is 473 g/mol. The fourth-order valence-electron chi connectivity index (χ4n) is 2.63. The minimum absolute atomic E-state index is 0.00676. The Bertz CT molecular complexity index is 1120. The third-order valence-electron chi connectivity index (χ3n) is 4.30. The summed E-state index contributed by atoms with van der Waals surface area (Å²) >= 11 is 0. The summed E-state index contributed by atoms with van der Waals surface area (Å²) in [6.07, 6.45) is -5.08. The molecule has 1 amide bonds. The molecule has 7 nitrogen and oxygen atoms in total. The number of hydrogen-bond donors (Lipinski definition) is 4. The number of carboxylic acid groups (broad SMARTS) is 1. The minimum Gasteiger partial charge on any atom is -0.492 e. The zero-order valence-electron chi connectivity index (χ0n) is 17.8. The lowest BCUT2D eigenvalue weighted by molar-refractivity contribution is -0.192. The first-order valence-electron chi connectivity index (χ1n) is 9.89. The molecule has 0 aromatic heterocycles. The van der Waals surface area contributed by atoms with E-state index < -0.39 is 12.1 Å². The number of amidine groups is 1. The summed E-state index contributed by atoms with van der Waals surface area (Å²) in [5.74, 6) is -2.29. The molecule has 0 atom stereocenters. The van der Waals surface area contributed by atoms with Crippen LogP contribution in [0.4, 0.5) is 13.2 Å². The van der Waals surface area contributed by atoms with Crippen molar-refractivity contribution < 1.29 is 32.6 Å². The molecule has 0 heterocycles. The lowest BCUT2D eigenvalue weighted by Gasteiger charge is -2.09. The topological polar surface area (TPSA) is 126 Å². The predicted octanol–water partition coefficient (Wildman–Crippen LogP) is 4.08. The fraction of sp³-hybridized carbons (Fsp3) is 0.125. The Balaban J connectivity index is 0.000000509. The summed E-state index contributed by atoms with van der Waals surface area (Å²) in [5.41, 5.74) is 8.86. The van der Waals surface area contributed by atoms with E-state index in [-0.39, 0.29) is 11.7 Å². The molecule has 34 heavy (non-hydrogen) atoms. The molecular formula is C24H22F3N3O4. The van der Waals surface area contributed by atoms with E-state index in [0.717, 1.165) is 11.1 Å². The quantitative estimate of drug-likeness (QED) is 0.234. The number of rotatable bonds is 7. The number of nitrogens with one attached hydrogen (secondary N) is 2. The molecule has 0 spiro atoms. The summed E-state index contributed by atoms with van der Waals surface area (Å²) < 4.78 is 37.3. The molecule has 0 aliphatic heterocycles. The first-order chi connectivity index (χ1) is 16.1. The van der Waals surface area contributed by atoms with Gasteiger partial charge in [-0.15, -0.1) is 0 Å². The van der Waals surface area contributed by atoms with E-state index in [2.05, 4.69) is 5.32 Å². The van der Waals surface area contributed by atoms with Gasteiger partial charge in [0.05, 0.1) is 6.54 Å². The Hall–Kier alpha value is -4.34. The summed E-state index contributed by atoms with van der Waals surface area (Å²) in [5, 5.41) is 17.4. The van der Waals surface area contributed by atoms with Crippen molar-refractivity contribution in [2.24, 2.45) is 5.73 Å². The molecule has 5 N–H and O–H groups in total. The molecule has 0 radical (unpaired) electrons. The lowest BCUT2D eigenvalue weighted by Crippen LogP contribution is -2.28. The average molecular weight is 473 g/mol. The third kappa shape index (κ3) is 8.30. The zero-order valence-corrected chi connectivity index (χ0v) is 17.8. The van der Waals surface area contributed by atoms with E-state index in [1.807, 2.05) is 54.6 Å². The van der Waals surface area contributed by atoms with E-state index in [1.165, 1.54) is 0 Å². The molecule has 3 rings (SSSR count). The number of carboxylic acids is 1. The lowest BCUT2D eigenvalue weighted by atomic mass is 10.0. The SMILES string of the molecule is N=C(N)c1cccc(OCCNC(=O)c2ccc(-c3ccccc3)cc2)c1.O=C(O)C(F)(F)F. The third-order valence-corrected chi connectivity index (χ3v) is 4.30. The van der Waals surface area contributed by atoms with Crippen LogP contribution in [0.5, 0.6) is 5.75 Å². The fourth-order valence-corrected chi connectivity index (χ4v) is 2.63. The van der Waals surface area contributed by atoms with Crippen molar-refractivity contribution >= 4 is 17.7 Å². The summed E-state index contributed by atoms with van der Waals surface area (Å²) in [4.78, 5) is 21.1. The second kappa shape index (κ2) is 12.0. The van der Waals surface area contributed by atoms with Crippen LogP contribution in [0.15, 0.2) is 78.9 Å². The van der Waals surface area contributed by atoms with Gasteiger partial charge in [-0.25, -0.2) is 4.79 Å². The molecule has 0 fully saturated rings. The molecule has 0 aliphatic rings. The van der Waals surface area contributed by atoms with Gasteiger partial charge in [0.2, 0.25) is 0 Å². The van der Waals surface area contributed by atoms with Gasteiger partial charge in [-0.3, -0.25) is 10.2 Å². The van der Waals surface area contributed by atoms with Crippen molar-refractivity contribution in [1.82, 2.24) is 5.32 Å². The van der Waals surface area contributed by atoms with Crippen LogP contribution in [0, 0.1) is 5.41 Å². The van der Waals surface area contributed by atoms with E-state index in [4.69, 9.17) is 25.8 Å². The highest BCUT2D eigenvalue weighted by Crippen LogP contribution is 2.19. The molecule has 10 heteroatoms. The van der Waals surface area contributed by atoms with Crippen LogP contribution in [-0.4, -0.2) is 42.1 Å². The number of alkyl halides is 3. The van der Waals surface area contributed by atoms with Gasteiger partial charge in [0, 0.05) is 11.1 Å². The van der Waals surface area contributed by atoms with E-state index >= 15 is 0 Å². The van der Waals surface area contributed by atoms with Gasteiger partial charge in [-0.05, 0) is 35.4 Å². The molecule has 3 aromatic rings. The van der Waals surface area contributed by atoms with Gasteiger partial charge in [-0.2, -0.15) is 13.2 Å². The molecule has 0 saturated heterocycles. The smallest absolute Gasteiger partial charge is 0.490 e. The summed E-state index contributed by atoms with van der Waals surface area (Å²) in [6, 6.07) is 24.5. The molecule has 178 valence electrons. The largest absolute Gasteiger partial charge is 0.492 e. The number of amides is 1. The van der Waals surface area contributed by atoms with Crippen LogP contribution in [0.3, 0.4) is 0 Å². The van der Waals surface area contributed by atoms with Gasteiger partial charge in [0.25, 0.3) is 5.91 Å². The molecule has 3 aromatic carbocycles. The number of ether oxygens (including phenoxy) is 1. The van der Waals surface area contributed by atoms with Gasteiger partial charge in [0.15, 0.2) is 0 Å². The highest BCUT2D eigenvalue weighted by atomic mass is 19.4. The number of nitrogens with two attached hydrogens (primary N) is 1. The zero-order chi connectivity index (χ0) is 25.1. The summed E-state index contributed by atoms with van der Waals surface area (Å²) in [7, 11) is 0. The Morgan fingerprint density at radius 2 is 1.50 bits per heavy atom. The van der Waals surface area contributed by atoms with Crippen LogP contribution in [0.25, 0.3) is 11.1 Å². The van der Waals surface area contributed by atoms with Crippen LogP contribution in [-0.2, 0) is 4.79 Å². The van der Waals surface area contributed by atoms with Gasteiger partial charge >= 0.3 is 12.1 Å². The van der Waals surface area contributed by atoms with Gasteiger partial charge in [0.1, 0.15) is 18.2 Å². The molecule has 0 unspecified atom stereocenters. The first-order valence-corrected chi connectivity index (χ1v) is 9.89. The molecule has 0 bridgehead atoms. The molecular weight excluding hydrogens is 451 g/mol. The number of nitrogen functional groups attached to an aromatic ring is 1. The van der Waals surface area contributed by atoms with Crippen LogP contribution in [0.1, 0.15) is 15.9 Å². The van der Waals surface area contributed by atoms with Crippen LogP contribution < -0.4 is 15.8 Å². The Morgan fingerprint density at radius 1 is 0.912 bits per heavy atom. The maximum Gasteiger partial charge on any atom is 0.490 e. The van der Waals surface area contributed by atoms with Crippen molar-refractivity contribution in [1.29, 1.82) is 5.41 Å². The average Bonchev–Trinajstić information content (AvgIpc) is 2.82. The maximum absolute atomic E-state index is 12.2. The van der Waals surface area contributed by atoms with Crippen molar-refractivity contribution in [3.63, 3.8) is 0 Å². The second-order valence-corrected chi connectivity index (χ2v) is 6.79. The number of carbonyl (C=O) groups is 2. The number of hydrogen-bond acceptors (Lipinski definition) is 4. The number of carbonyl (C=O) groups excluding carboxylic acids is 1.